The Morgan fingerprint density at radius 3 is 2.26 bits per heavy atom. The summed E-state index contributed by atoms with van der Waals surface area (Å²) in [4.78, 5) is 4.48. The topological polar surface area (TPSA) is 62.3 Å². The second kappa shape index (κ2) is 5.13. The van der Waals surface area contributed by atoms with Crippen molar-refractivity contribution in [1.29, 1.82) is 0 Å². The Balaban J connectivity index is 2.65. The summed E-state index contributed by atoms with van der Waals surface area (Å²) < 4.78 is 13.3. The van der Waals surface area contributed by atoms with Gasteiger partial charge in [0.05, 0.1) is 14.2 Å². The number of halogens is 1. The largest absolute Gasteiger partial charge is 0.493 e. The molecule has 1 aromatic carbocycles. The van der Waals surface area contributed by atoms with E-state index in [1.165, 1.54) is 0 Å². The molecule has 0 aliphatic carbocycles. The number of imidazole rings is 1. The molecule has 0 radical (unpaired) electrons. The van der Waals surface area contributed by atoms with E-state index in [1.807, 2.05) is 30.7 Å². The number of nitrogen functional groups attached to an aromatic ring is 1. The molecule has 0 fully saturated rings. The molecule has 19 heavy (non-hydrogen) atoms. The van der Waals surface area contributed by atoms with Crippen LogP contribution in [0.15, 0.2) is 16.6 Å². The number of nitrogens with zero attached hydrogens (tertiary/aromatic N) is 2. The van der Waals surface area contributed by atoms with Crippen molar-refractivity contribution in [3.8, 4) is 22.8 Å². The monoisotopic (exact) mass is 325 g/mol. The summed E-state index contributed by atoms with van der Waals surface area (Å²) in [6.07, 6.45) is 0. The molecule has 0 aliphatic heterocycles. The van der Waals surface area contributed by atoms with Gasteiger partial charge in [0.25, 0.3) is 0 Å². The Morgan fingerprint density at radius 2 is 1.79 bits per heavy atom. The van der Waals surface area contributed by atoms with E-state index in [0.29, 0.717) is 17.3 Å². The van der Waals surface area contributed by atoms with E-state index in [0.717, 1.165) is 21.6 Å². The maximum Gasteiger partial charge on any atom is 0.161 e. The molecular formula is C13H16BrN3O2. The minimum atomic E-state index is 0.616. The van der Waals surface area contributed by atoms with E-state index >= 15 is 0 Å². The molecule has 0 amide bonds. The highest BCUT2D eigenvalue weighted by molar-refractivity contribution is 9.10. The maximum absolute atomic E-state index is 6.07. The lowest BCUT2D eigenvalue weighted by atomic mass is 10.1. The molecule has 6 heteroatoms. The summed E-state index contributed by atoms with van der Waals surface area (Å²) in [6.45, 7) is 1.91. The molecule has 2 aromatic rings. The first kappa shape index (κ1) is 13.7. The summed E-state index contributed by atoms with van der Waals surface area (Å²) in [6, 6.07) is 3.71. The zero-order valence-electron chi connectivity index (χ0n) is 11.3. The lowest BCUT2D eigenvalue weighted by molar-refractivity contribution is 0.355. The van der Waals surface area contributed by atoms with E-state index < -0.39 is 0 Å². The number of hydrogen-bond acceptors (Lipinski definition) is 4. The Morgan fingerprint density at radius 1 is 1.21 bits per heavy atom. The molecule has 0 saturated carbocycles. The zero-order valence-corrected chi connectivity index (χ0v) is 12.9. The summed E-state index contributed by atoms with van der Waals surface area (Å²) in [5.41, 5.74) is 7.68. The van der Waals surface area contributed by atoms with Gasteiger partial charge in [0.1, 0.15) is 17.3 Å². The van der Waals surface area contributed by atoms with Crippen LogP contribution in [0.2, 0.25) is 0 Å². The number of ether oxygens (including phenoxy) is 2. The molecule has 0 atom stereocenters. The van der Waals surface area contributed by atoms with Gasteiger partial charge < -0.3 is 19.8 Å². The molecule has 5 nitrogen and oxygen atoms in total. The van der Waals surface area contributed by atoms with E-state index in [-0.39, 0.29) is 0 Å². The van der Waals surface area contributed by atoms with Crippen LogP contribution in [0.5, 0.6) is 11.5 Å². The molecule has 0 spiro atoms. The summed E-state index contributed by atoms with van der Waals surface area (Å²) >= 11 is 3.52. The first-order valence-electron chi connectivity index (χ1n) is 5.70. The van der Waals surface area contributed by atoms with Gasteiger partial charge in [0, 0.05) is 17.1 Å². The fourth-order valence-electron chi connectivity index (χ4n) is 1.86. The molecule has 2 N–H and O–H groups in total. The van der Waals surface area contributed by atoms with Gasteiger partial charge in [-0.1, -0.05) is 0 Å². The van der Waals surface area contributed by atoms with Crippen LogP contribution in [-0.4, -0.2) is 23.8 Å². The third-order valence-electron chi connectivity index (χ3n) is 3.09. The molecule has 0 aliphatic rings. The van der Waals surface area contributed by atoms with Gasteiger partial charge in [-0.05, 0) is 35.0 Å². The van der Waals surface area contributed by atoms with Crippen molar-refractivity contribution < 1.29 is 9.47 Å². The number of methoxy groups -OCH3 is 2. The average Bonchev–Trinajstić information content (AvgIpc) is 2.66. The second-order valence-corrected chi connectivity index (χ2v) is 4.99. The lowest BCUT2D eigenvalue weighted by Gasteiger charge is -2.11. The predicted molar refractivity (Wildman–Crippen MR) is 78.6 cm³/mol. The third kappa shape index (κ3) is 2.28. The van der Waals surface area contributed by atoms with Crippen LogP contribution in [0.1, 0.15) is 5.82 Å². The minimum absolute atomic E-state index is 0.616. The van der Waals surface area contributed by atoms with Crippen molar-refractivity contribution in [2.45, 2.75) is 6.92 Å². The van der Waals surface area contributed by atoms with Crippen LogP contribution in [-0.2, 0) is 7.05 Å². The van der Waals surface area contributed by atoms with Crippen molar-refractivity contribution in [2.24, 2.45) is 7.05 Å². The van der Waals surface area contributed by atoms with Gasteiger partial charge in [0.2, 0.25) is 0 Å². The van der Waals surface area contributed by atoms with Gasteiger partial charge in [-0.15, -0.1) is 0 Å². The van der Waals surface area contributed by atoms with Crippen LogP contribution in [0, 0.1) is 6.92 Å². The Kier molecular flexibility index (Phi) is 3.71. The molecule has 0 saturated heterocycles. The minimum Gasteiger partial charge on any atom is -0.493 e. The fourth-order valence-corrected chi connectivity index (χ4v) is 2.37. The number of hydrogen-bond donors (Lipinski definition) is 1. The van der Waals surface area contributed by atoms with Crippen LogP contribution in [0.25, 0.3) is 11.3 Å². The van der Waals surface area contributed by atoms with Gasteiger partial charge in [0.15, 0.2) is 11.5 Å². The van der Waals surface area contributed by atoms with Gasteiger partial charge >= 0.3 is 0 Å². The van der Waals surface area contributed by atoms with E-state index in [1.54, 1.807) is 14.2 Å². The number of aromatic nitrogens is 2. The normalized spacial score (nSPS) is 10.6. The highest BCUT2D eigenvalue weighted by atomic mass is 79.9. The molecule has 1 heterocycles. The van der Waals surface area contributed by atoms with E-state index in [4.69, 9.17) is 15.2 Å². The number of rotatable bonds is 3. The van der Waals surface area contributed by atoms with Gasteiger partial charge in [-0.3, -0.25) is 0 Å². The lowest BCUT2D eigenvalue weighted by Crippen LogP contribution is -1.98. The highest BCUT2D eigenvalue weighted by Gasteiger charge is 2.17. The van der Waals surface area contributed by atoms with Gasteiger partial charge in [-0.2, -0.15) is 0 Å². The first-order chi connectivity index (χ1) is 8.99. The molecule has 1 aromatic heterocycles. The maximum atomic E-state index is 6.07. The first-order valence-corrected chi connectivity index (χ1v) is 6.49. The Labute approximate surface area is 120 Å². The van der Waals surface area contributed by atoms with Crippen molar-refractivity contribution >= 4 is 21.7 Å². The number of benzene rings is 1. The zero-order chi connectivity index (χ0) is 14.2. The third-order valence-corrected chi connectivity index (χ3v) is 3.75. The molecular weight excluding hydrogens is 310 g/mol. The average molecular weight is 326 g/mol. The number of anilines is 1. The van der Waals surface area contributed by atoms with Crippen molar-refractivity contribution in [2.75, 3.05) is 20.0 Å². The summed E-state index contributed by atoms with van der Waals surface area (Å²) in [5, 5.41) is 0. The van der Waals surface area contributed by atoms with Crippen molar-refractivity contribution in [3.63, 3.8) is 0 Å². The smallest absolute Gasteiger partial charge is 0.161 e. The van der Waals surface area contributed by atoms with Crippen LogP contribution in [0.4, 0.5) is 5.82 Å². The number of aryl methyl sites for hydroxylation is 1. The highest BCUT2D eigenvalue weighted by Crippen LogP contribution is 2.39. The van der Waals surface area contributed by atoms with Crippen LogP contribution < -0.4 is 15.2 Å². The summed E-state index contributed by atoms with van der Waals surface area (Å²) in [7, 11) is 5.08. The Hall–Kier alpha value is -1.69. The second-order valence-electron chi connectivity index (χ2n) is 4.14. The van der Waals surface area contributed by atoms with E-state index in [2.05, 4.69) is 20.9 Å². The molecule has 2 rings (SSSR count). The SMILES string of the molecule is COc1cc(Br)c(-c2nc(C)n(C)c2N)cc1OC. The molecule has 0 unspecified atom stereocenters. The summed E-state index contributed by atoms with van der Waals surface area (Å²) in [5.74, 6) is 2.77. The van der Waals surface area contributed by atoms with Crippen molar-refractivity contribution in [3.05, 3.63) is 22.4 Å². The predicted octanol–water partition coefficient (Wildman–Crippen LogP) is 2.76. The van der Waals surface area contributed by atoms with Crippen LogP contribution >= 0.6 is 15.9 Å². The standard InChI is InChI=1S/C13H16BrN3O2/c1-7-16-12(13(15)17(7)2)8-5-10(18-3)11(19-4)6-9(8)14/h5-6H,15H2,1-4H3. The van der Waals surface area contributed by atoms with E-state index in [9.17, 15) is 0 Å². The molecule has 0 bridgehead atoms. The molecule has 102 valence electrons. The fraction of sp³-hybridized carbons (Fsp3) is 0.308. The van der Waals surface area contributed by atoms with Gasteiger partial charge in [-0.25, -0.2) is 4.98 Å². The quantitative estimate of drug-likeness (QED) is 0.942. The van der Waals surface area contributed by atoms with Crippen LogP contribution in [0.3, 0.4) is 0 Å². The number of nitrogens with two attached hydrogens (primary N) is 1. The van der Waals surface area contributed by atoms with Crippen molar-refractivity contribution in [1.82, 2.24) is 9.55 Å². The Bertz CT molecular complexity index is 623.